The molecule has 2 aromatic heterocycles. The maximum absolute atomic E-state index is 12.7. The van der Waals surface area contributed by atoms with Crippen LogP contribution < -0.4 is 17.0 Å². The standard InChI is InChI=1S/C16H20N4O4/c1-9-4-5-13(24-9)10-7-20(8-11(10)17)15(22)12-6-14(21)19(3)16(23)18(12)2/h4-6,10-11H,7-8,17H2,1-3H3/t10-,11-/m0/s1. The van der Waals surface area contributed by atoms with Crippen LogP contribution in [0.3, 0.4) is 0 Å². The molecule has 1 aliphatic rings. The first-order chi connectivity index (χ1) is 11.3. The first kappa shape index (κ1) is 16.3. The van der Waals surface area contributed by atoms with Crippen LogP contribution in [0.25, 0.3) is 0 Å². The molecule has 8 heteroatoms. The van der Waals surface area contributed by atoms with Gasteiger partial charge in [-0.15, -0.1) is 0 Å². The third-order valence-corrected chi connectivity index (χ3v) is 4.52. The van der Waals surface area contributed by atoms with Crippen molar-refractivity contribution in [1.29, 1.82) is 0 Å². The highest BCUT2D eigenvalue weighted by atomic mass is 16.3. The van der Waals surface area contributed by atoms with Gasteiger partial charge in [-0.25, -0.2) is 4.79 Å². The Bertz CT molecular complexity index is 908. The number of furan rings is 1. The Morgan fingerprint density at radius 2 is 1.92 bits per heavy atom. The van der Waals surface area contributed by atoms with Crippen molar-refractivity contribution in [2.45, 2.75) is 18.9 Å². The van der Waals surface area contributed by atoms with Crippen molar-refractivity contribution in [3.05, 3.63) is 56.3 Å². The molecule has 0 spiro atoms. The molecule has 0 bridgehead atoms. The fraction of sp³-hybridized carbons (Fsp3) is 0.438. The minimum atomic E-state index is -0.535. The number of aromatic nitrogens is 2. The van der Waals surface area contributed by atoms with Crippen molar-refractivity contribution in [2.75, 3.05) is 13.1 Å². The SMILES string of the molecule is Cc1ccc([C@H]2CN(C(=O)c3cc(=O)n(C)c(=O)n3C)C[C@@H]2N)o1. The number of amides is 1. The molecule has 1 aliphatic heterocycles. The molecule has 1 amide bonds. The Labute approximate surface area is 138 Å². The molecule has 0 radical (unpaired) electrons. The Morgan fingerprint density at radius 1 is 1.21 bits per heavy atom. The van der Waals surface area contributed by atoms with Gasteiger partial charge in [0.1, 0.15) is 17.2 Å². The zero-order valence-corrected chi connectivity index (χ0v) is 13.9. The summed E-state index contributed by atoms with van der Waals surface area (Å²) in [6.07, 6.45) is 0. The lowest BCUT2D eigenvalue weighted by Crippen LogP contribution is -2.42. The summed E-state index contributed by atoms with van der Waals surface area (Å²) in [5.41, 5.74) is 5.18. The summed E-state index contributed by atoms with van der Waals surface area (Å²) in [5.74, 6) is 1.05. The number of carbonyl (C=O) groups excluding carboxylic acids is 1. The average molecular weight is 332 g/mol. The number of likely N-dealkylation sites (tertiary alicyclic amines) is 1. The van der Waals surface area contributed by atoms with Gasteiger partial charge in [-0.2, -0.15) is 0 Å². The molecule has 0 unspecified atom stereocenters. The Hall–Kier alpha value is -2.61. The highest BCUT2D eigenvalue weighted by molar-refractivity contribution is 5.92. The summed E-state index contributed by atoms with van der Waals surface area (Å²) >= 11 is 0. The molecule has 1 fully saturated rings. The van der Waals surface area contributed by atoms with Crippen molar-refractivity contribution >= 4 is 5.91 Å². The highest BCUT2D eigenvalue weighted by Gasteiger charge is 2.36. The minimum Gasteiger partial charge on any atom is -0.466 e. The molecule has 0 saturated carbocycles. The summed E-state index contributed by atoms with van der Waals surface area (Å²) in [5, 5.41) is 0. The lowest BCUT2D eigenvalue weighted by Gasteiger charge is -2.17. The maximum Gasteiger partial charge on any atom is 0.331 e. The van der Waals surface area contributed by atoms with Crippen LogP contribution in [0.1, 0.15) is 27.9 Å². The largest absolute Gasteiger partial charge is 0.466 e. The molecule has 3 rings (SSSR count). The van der Waals surface area contributed by atoms with Crippen molar-refractivity contribution in [1.82, 2.24) is 14.0 Å². The van der Waals surface area contributed by atoms with Gasteiger partial charge in [0, 0.05) is 39.3 Å². The number of carbonyl (C=O) groups is 1. The van der Waals surface area contributed by atoms with Crippen molar-refractivity contribution in [3.8, 4) is 0 Å². The van der Waals surface area contributed by atoms with Gasteiger partial charge in [0.2, 0.25) is 0 Å². The van der Waals surface area contributed by atoms with Gasteiger partial charge in [0.25, 0.3) is 11.5 Å². The first-order valence-corrected chi connectivity index (χ1v) is 7.68. The smallest absolute Gasteiger partial charge is 0.331 e. The number of aryl methyl sites for hydroxylation is 1. The lowest BCUT2D eigenvalue weighted by molar-refractivity contribution is 0.0776. The molecule has 1 saturated heterocycles. The van der Waals surface area contributed by atoms with Crippen LogP contribution >= 0.6 is 0 Å². The van der Waals surface area contributed by atoms with Gasteiger partial charge in [-0.1, -0.05) is 0 Å². The zero-order valence-electron chi connectivity index (χ0n) is 13.9. The normalized spacial score (nSPS) is 20.6. The molecule has 2 atom stereocenters. The fourth-order valence-electron chi connectivity index (χ4n) is 3.05. The van der Waals surface area contributed by atoms with Crippen LogP contribution in [0.4, 0.5) is 0 Å². The third-order valence-electron chi connectivity index (χ3n) is 4.52. The van der Waals surface area contributed by atoms with E-state index in [1.165, 1.54) is 24.7 Å². The Kier molecular flexibility index (Phi) is 3.92. The molecule has 8 nitrogen and oxygen atoms in total. The van der Waals surface area contributed by atoms with Crippen LogP contribution in [0, 0.1) is 6.92 Å². The summed E-state index contributed by atoms with van der Waals surface area (Å²) in [6.45, 7) is 2.57. The number of hydrogen-bond acceptors (Lipinski definition) is 5. The van der Waals surface area contributed by atoms with E-state index in [9.17, 15) is 14.4 Å². The topological polar surface area (TPSA) is 103 Å². The Balaban J connectivity index is 1.90. The number of nitrogens with zero attached hydrogens (tertiary/aromatic N) is 3. The van der Waals surface area contributed by atoms with E-state index in [-0.39, 0.29) is 23.6 Å². The van der Waals surface area contributed by atoms with Gasteiger partial charge in [0.05, 0.1) is 5.92 Å². The molecule has 24 heavy (non-hydrogen) atoms. The summed E-state index contributed by atoms with van der Waals surface area (Å²) in [4.78, 5) is 38.1. The van der Waals surface area contributed by atoms with Crippen LogP contribution in [-0.4, -0.2) is 39.1 Å². The average Bonchev–Trinajstić information content (AvgIpc) is 3.14. The number of rotatable bonds is 2. The molecule has 3 heterocycles. The molecular formula is C16H20N4O4. The fourth-order valence-corrected chi connectivity index (χ4v) is 3.05. The van der Waals surface area contributed by atoms with Crippen LogP contribution in [0.5, 0.6) is 0 Å². The second-order valence-corrected chi connectivity index (χ2v) is 6.20. The first-order valence-electron chi connectivity index (χ1n) is 7.68. The molecule has 2 aromatic rings. The van der Waals surface area contributed by atoms with E-state index in [1.807, 2.05) is 19.1 Å². The summed E-state index contributed by atoms with van der Waals surface area (Å²) in [6, 6.07) is 4.64. The predicted octanol–water partition coefficient (Wildman–Crippen LogP) is -0.448. The minimum absolute atomic E-state index is 0.0616. The molecular weight excluding hydrogens is 312 g/mol. The van der Waals surface area contributed by atoms with Crippen molar-refractivity contribution < 1.29 is 9.21 Å². The van der Waals surface area contributed by atoms with Gasteiger partial charge in [-0.3, -0.25) is 18.7 Å². The second-order valence-electron chi connectivity index (χ2n) is 6.20. The number of nitrogens with two attached hydrogens (primary N) is 1. The highest BCUT2D eigenvalue weighted by Crippen LogP contribution is 2.28. The zero-order chi connectivity index (χ0) is 17.6. The summed E-state index contributed by atoms with van der Waals surface area (Å²) < 4.78 is 7.76. The van der Waals surface area contributed by atoms with Crippen LogP contribution in [0.15, 0.2) is 32.2 Å². The second kappa shape index (κ2) is 5.79. The van der Waals surface area contributed by atoms with Crippen molar-refractivity contribution in [3.63, 3.8) is 0 Å². The van der Waals surface area contributed by atoms with E-state index in [0.717, 1.165) is 16.1 Å². The molecule has 128 valence electrons. The van der Waals surface area contributed by atoms with Crippen LogP contribution in [-0.2, 0) is 14.1 Å². The molecule has 0 aliphatic carbocycles. The van der Waals surface area contributed by atoms with E-state index < -0.39 is 11.2 Å². The monoisotopic (exact) mass is 332 g/mol. The number of hydrogen-bond donors (Lipinski definition) is 1. The predicted molar refractivity (Wildman–Crippen MR) is 87.0 cm³/mol. The van der Waals surface area contributed by atoms with Gasteiger partial charge in [0.15, 0.2) is 0 Å². The van der Waals surface area contributed by atoms with Crippen LogP contribution in [0.2, 0.25) is 0 Å². The van der Waals surface area contributed by atoms with Gasteiger partial charge in [-0.05, 0) is 19.1 Å². The maximum atomic E-state index is 12.7. The lowest BCUT2D eigenvalue weighted by atomic mass is 10.0. The molecule has 2 N–H and O–H groups in total. The van der Waals surface area contributed by atoms with Gasteiger partial charge >= 0.3 is 5.69 Å². The Morgan fingerprint density at radius 3 is 2.54 bits per heavy atom. The van der Waals surface area contributed by atoms with E-state index in [2.05, 4.69) is 0 Å². The van der Waals surface area contributed by atoms with E-state index in [1.54, 1.807) is 4.90 Å². The van der Waals surface area contributed by atoms with E-state index in [4.69, 9.17) is 10.2 Å². The van der Waals surface area contributed by atoms with Crippen molar-refractivity contribution in [2.24, 2.45) is 19.8 Å². The summed E-state index contributed by atoms with van der Waals surface area (Å²) in [7, 11) is 2.85. The van der Waals surface area contributed by atoms with E-state index in [0.29, 0.717) is 13.1 Å². The van der Waals surface area contributed by atoms with E-state index >= 15 is 0 Å². The quantitative estimate of drug-likeness (QED) is 0.802. The third kappa shape index (κ3) is 2.58. The van der Waals surface area contributed by atoms with Gasteiger partial charge < -0.3 is 15.1 Å². The molecule has 0 aromatic carbocycles.